The van der Waals surface area contributed by atoms with Crippen LogP contribution >= 0.6 is 0 Å². The summed E-state index contributed by atoms with van der Waals surface area (Å²) in [5, 5.41) is 2.79. The summed E-state index contributed by atoms with van der Waals surface area (Å²) in [6, 6.07) is 19.9. The Morgan fingerprint density at radius 2 is 1.79 bits per heavy atom. The second-order valence-corrected chi connectivity index (χ2v) is 6.78. The Bertz CT molecular complexity index is 1060. The van der Waals surface area contributed by atoms with Crippen LogP contribution in [0.1, 0.15) is 33.0 Å². The molecule has 2 heterocycles. The number of fused-ring (bicyclic) bond motifs is 1. The molecule has 0 atom stereocenters. The molecule has 0 unspecified atom stereocenters. The van der Waals surface area contributed by atoms with Gasteiger partial charge in [-0.1, -0.05) is 30.3 Å². The van der Waals surface area contributed by atoms with Crippen LogP contribution in [0, 0.1) is 0 Å². The van der Waals surface area contributed by atoms with E-state index in [9.17, 15) is 9.59 Å². The first kappa shape index (κ1) is 18.7. The van der Waals surface area contributed by atoms with Crippen molar-refractivity contribution < 1.29 is 14.3 Å². The summed E-state index contributed by atoms with van der Waals surface area (Å²) in [6.07, 6.45) is 1.86. The normalized spacial score (nSPS) is 12.8. The Kier molecular flexibility index (Phi) is 5.24. The molecule has 6 heteroatoms. The Morgan fingerprint density at radius 1 is 1.00 bits per heavy atom. The van der Waals surface area contributed by atoms with Gasteiger partial charge >= 0.3 is 0 Å². The molecule has 0 saturated heterocycles. The number of pyridine rings is 1. The van der Waals surface area contributed by atoms with Gasteiger partial charge in [-0.25, -0.2) is 4.98 Å². The van der Waals surface area contributed by atoms with E-state index in [1.54, 1.807) is 54.5 Å². The molecule has 0 fully saturated rings. The van der Waals surface area contributed by atoms with Crippen LogP contribution in [-0.2, 0) is 6.42 Å². The average Bonchev–Trinajstić information content (AvgIpc) is 2.78. The van der Waals surface area contributed by atoms with E-state index in [0.717, 1.165) is 24.1 Å². The van der Waals surface area contributed by atoms with E-state index in [2.05, 4.69) is 10.3 Å². The van der Waals surface area contributed by atoms with Gasteiger partial charge in [0, 0.05) is 24.0 Å². The van der Waals surface area contributed by atoms with Crippen molar-refractivity contribution in [3.05, 3.63) is 83.7 Å². The maximum absolute atomic E-state index is 13.1. The molecule has 1 aliphatic heterocycles. The van der Waals surface area contributed by atoms with Crippen LogP contribution in [-0.4, -0.2) is 30.5 Å². The van der Waals surface area contributed by atoms with E-state index in [1.165, 1.54) is 0 Å². The molecule has 6 nitrogen and oxygen atoms in total. The summed E-state index contributed by atoms with van der Waals surface area (Å²) < 4.78 is 5.17. The summed E-state index contributed by atoms with van der Waals surface area (Å²) in [5.41, 5.74) is 3.10. The fourth-order valence-corrected chi connectivity index (χ4v) is 3.46. The van der Waals surface area contributed by atoms with Crippen molar-refractivity contribution in [1.82, 2.24) is 4.98 Å². The van der Waals surface area contributed by atoms with Crippen LogP contribution in [0.2, 0.25) is 0 Å². The number of hydrogen-bond acceptors (Lipinski definition) is 4. The number of ether oxygens (including phenoxy) is 1. The average molecular weight is 387 g/mol. The zero-order valence-electron chi connectivity index (χ0n) is 16.1. The number of hydrogen-bond donors (Lipinski definition) is 1. The highest BCUT2D eigenvalue weighted by molar-refractivity contribution is 6.07. The molecular weight excluding hydrogens is 366 g/mol. The minimum absolute atomic E-state index is 0.184. The fourth-order valence-electron chi connectivity index (χ4n) is 3.46. The van der Waals surface area contributed by atoms with E-state index in [0.29, 0.717) is 18.0 Å². The number of para-hydroxylation sites is 1. The number of aryl methyl sites for hydroxylation is 1. The van der Waals surface area contributed by atoms with Crippen molar-refractivity contribution in [3.63, 3.8) is 0 Å². The van der Waals surface area contributed by atoms with Gasteiger partial charge in [0.05, 0.1) is 7.11 Å². The lowest BCUT2D eigenvalue weighted by Gasteiger charge is -2.29. The van der Waals surface area contributed by atoms with Gasteiger partial charge in [-0.05, 0) is 48.7 Å². The monoisotopic (exact) mass is 387 g/mol. The first-order chi connectivity index (χ1) is 14.2. The quantitative estimate of drug-likeness (QED) is 0.736. The highest BCUT2D eigenvalue weighted by Gasteiger charge is 2.24. The summed E-state index contributed by atoms with van der Waals surface area (Å²) in [7, 11) is 1.57. The molecular formula is C23H21N3O3. The van der Waals surface area contributed by atoms with Crippen molar-refractivity contribution in [2.45, 2.75) is 12.8 Å². The standard InChI is InChI=1S/C23H21N3O3/c1-29-18-10-4-9-17(15-18)24-22(27)19-11-5-12-20(25-19)23(28)26-14-6-8-16-7-2-3-13-21(16)26/h2-5,7,9-13,15H,6,8,14H2,1H3,(H,24,27). The summed E-state index contributed by atoms with van der Waals surface area (Å²) in [6.45, 7) is 0.637. The van der Waals surface area contributed by atoms with Crippen LogP contribution in [0.5, 0.6) is 5.75 Å². The summed E-state index contributed by atoms with van der Waals surface area (Å²) in [5.74, 6) is 0.0589. The first-order valence-electron chi connectivity index (χ1n) is 9.48. The molecule has 1 aliphatic rings. The van der Waals surface area contributed by atoms with Crippen LogP contribution in [0.25, 0.3) is 0 Å². The second kappa shape index (κ2) is 8.14. The van der Waals surface area contributed by atoms with Crippen molar-refractivity contribution in [3.8, 4) is 5.75 Å². The number of nitrogens with one attached hydrogen (secondary N) is 1. The first-order valence-corrected chi connectivity index (χ1v) is 9.48. The molecule has 0 bridgehead atoms. The Morgan fingerprint density at radius 3 is 2.66 bits per heavy atom. The van der Waals surface area contributed by atoms with E-state index < -0.39 is 0 Å². The van der Waals surface area contributed by atoms with Gasteiger partial charge in [0.25, 0.3) is 11.8 Å². The lowest BCUT2D eigenvalue weighted by Crippen LogP contribution is -2.36. The predicted octanol–water partition coefficient (Wildman–Crippen LogP) is 3.94. The molecule has 0 spiro atoms. The third-order valence-electron chi connectivity index (χ3n) is 4.88. The number of carbonyl (C=O) groups excluding carboxylic acids is 2. The van der Waals surface area contributed by atoms with Gasteiger partial charge in [0.2, 0.25) is 0 Å². The van der Waals surface area contributed by atoms with Crippen molar-refractivity contribution in [1.29, 1.82) is 0 Å². The van der Waals surface area contributed by atoms with Gasteiger partial charge in [-0.3, -0.25) is 9.59 Å². The molecule has 146 valence electrons. The third-order valence-corrected chi connectivity index (χ3v) is 4.88. The number of rotatable bonds is 4. The molecule has 3 aromatic rings. The fraction of sp³-hybridized carbons (Fsp3) is 0.174. The zero-order chi connectivity index (χ0) is 20.2. The number of benzene rings is 2. The number of methoxy groups -OCH3 is 1. The summed E-state index contributed by atoms with van der Waals surface area (Å²) in [4.78, 5) is 31.8. The maximum atomic E-state index is 13.1. The van der Waals surface area contributed by atoms with Crippen molar-refractivity contribution in [2.24, 2.45) is 0 Å². The largest absolute Gasteiger partial charge is 0.497 e. The lowest BCUT2D eigenvalue weighted by atomic mass is 10.0. The number of amides is 2. The van der Waals surface area contributed by atoms with E-state index in [4.69, 9.17) is 4.74 Å². The number of aromatic nitrogens is 1. The molecule has 0 aliphatic carbocycles. The Labute approximate surface area is 169 Å². The molecule has 29 heavy (non-hydrogen) atoms. The number of carbonyl (C=O) groups is 2. The van der Waals surface area contributed by atoms with E-state index in [-0.39, 0.29) is 23.2 Å². The SMILES string of the molecule is COc1cccc(NC(=O)c2cccc(C(=O)N3CCCc4ccccc43)n2)c1. The van der Waals surface area contributed by atoms with Gasteiger partial charge < -0.3 is 15.0 Å². The molecule has 1 N–H and O–H groups in total. The Hall–Kier alpha value is -3.67. The maximum Gasteiger partial charge on any atom is 0.276 e. The van der Waals surface area contributed by atoms with Gasteiger partial charge in [0.15, 0.2) is 0 Å². The number of anilines is 2. The highest BCUT2D eigenvalue weighted by Crippen LogP contribution is 2.28. The molecule has 2 amide bonds. The topological polar surface area (TPSA) is 71.5 Å². The number of nitrogens with zero attached hydrogens (tertiary/aromatic N) is 2. The Balaban J connectivity index is 1.56. The van der Waals surface area contributed by atoms with Crippen LogP contribution in [0.15, 0.2) is 66.7 Å². The van der Waals surface area contributed by atoms with Crippen LogP contribution in [0.4, 0.5) is 11.4 Å². The van der Waals surface area contributed by atoms with Gasteiger partial charge in [-0.2, -0.15) is 0 Å². The minimum Gasteiger partial charge on any atom is -0.497 e. The predicted molar refractivity (Wildman–Crippen MR) is 112 cm³/mol. The molecule has 2 aromatic carbocycles. The summed E-state index contributed by atoms with van der Waals surface area (Å²) >= 11 is 0. The molecule has 0 radical (unpaired) electrons. The zero-order valence-corrected chi connectivity index (χ0v) is 16.1. The second-order valence-electron chi connectivity index (χ2n) is 6.78. The minimum atomic E-state index is -0.382. The van der Waals surface area contributed by atoms with Gasteiger partial charge in [0.1, 0.15) is 17.1 Å². The molecule has 1 aromatic heterocycles. The highest BCUT2D eigenvalue weighted by atomic mass is 16.5. The van der Waals surface area contributed by atoms with E-state index >= 15 is 0 Å². The lowest BCUT2D eigenvalue weighted by molar-refractivity contribution is 0.0980. The van der Waals surface area contributed by atoms with Gasteiger partial charge in [-0.15, -0.1) is 0 Å². The van der Waals surface area contributed by atoms with Crippen molar-refractivity contribution >= 4 is 23.2 Å². The van der Waals surface area contributed by atoms with Crippen LogP contribution < -0.4 is 15.0 Å². The molecule has 0 saturated carbocycles. The smallest absolute Gasteiger partial charge is 0.276 e. The van der Waals surface area contributed by atoms with Crippen LogP contribution in [0.3, 0.4) is 0 Å². The van der Waals surface area contributed by atoms with Crippen molar-refractivity contribution in [2.75, 3.05) is 23.9 Å². The van der Waals surface area contributed by atoms with E-state index in [1.807, 2.05) is 24.3 Å². The molecule has 4 rings (SSSR count). The third kappa shape index (κ3) is 3.96.